The molecule has 42 heavy (non-hydrogen) atoms. The smallest absolute Gasteiger partial charge is 0.257 e. The van der Waals surface area contributed by atoms with Gasteiger partial charge in [-0.25, -0.2) is 4.39 Å². The van der Waals surface area contributed by atoms with Crippen LogP contribution in [0.2, 0.25) is 0 Å². The van der Waals surface area contributed by atoms with Gasteiger partial charge in [-0.2, -0.15) is 0 Å². The van der Waals surface area contributed by atoms with E-state index in [1.165, 1.54) is 28.2 Å². The Morgan fingerprint density at radius 1 is 0.833 bits per heavy atom. The first-order valence-electron chi connectivity index (χ1n) is 14.5. The van der Waals surface area contributed by atoms with Crippen molar-refractivity contribution in [2.24, 2.45) is 0 Å². The van der Waals surface area contributed by atoms with Crippen molar-refractivity contribution >= 4 is 23.6 Å². The van der Waals surface area contributed by atoms with E-state index in [1.807, 2.05) is 36.4 Å². The molecule has 3 atom stereocenters. The molecule has 3 aromatic rings. The Hall–Kier alpha value is -4.37. The number of piperidine rings is 3. The summed E-state index contributed by atoms with van der Waals surface area (Å²) < 4.78 is 16.0. The molecule has 4 fully saturated rings. The summed E-state index contributed by atoms with van der Waals surface area (Å²) in [4.78, 5) is 56.5. The van der Waals surface area contributed by atoms with Gasteiger partial charge in [0.2, 0.25) is 11.8 Å². The molecule has 214 valence electrons. The Labute approximate surface area is 243 Å². The molecule has 0 saturated carbocycles. The van der Waals surface area contributed by atoms with E-state index < -0.39 is 23.7 Å². The number of benzene rings is 3. The Balaban J connectivity index is 1.13. The molecular formula is C33H31FN4O4. The first-order chi connectivity index (χ1) is 20.4. The van der Waals surface area contributed by atoms with Gasteiger partial charge in [0.05, 0.1) is 18.2 Å². The van der Waals surface area contributed by atoms with Gasteiger partial charge in [-0.05, 0) is 42.5 Å². The molecule has 4 saturated heterocycles. The van der Waals surface area contributed by atoms with Crippen LogP contribution in [-0.2, 0) is 16.1 Å². The summed E-state index contributed by atoms with van der Waals surface area (Å²) in [5.74, 6) is -2.47. The normalized spacial score (nSPS) is 23.9. The Bertz CT molecular complexity index is 1540. The van der Waals surface area contributed by atoms with E-state index in [2.05, 4.69) is 34.5 Å². The number of hydrogen-bond acceptors (Lipinski definition) is 5. The van der Waals surface area contributed by atoms with Crippen molar-refractivity contribution in [1.29, 1.82) is 0 Å². The molecule has 8 nitrogen and oxygen atoms in total. The maximum Gasteiger partial charge on any atom is 0.257 e. The number of piperazine rings is 1. The molecule has 5 aliphatic heterocycles. The van der Waals surface area contributed by atoms with E-state index in [1.54, 1.807) is 4.90 Å². The molecule has 0 aliphatic carbocycles. The third-order valence-electron chi connectivity index (χ3n) is 9.27. The number of amides is 4. The summed E-state index contributed by atoms with van der Waals surface area (Å²) in [6.45, 7) is 1.07. The minimum Gasteiger partial charge on any atom is -0.333 e. The predicted molar refractivity (Wildman–Crippen MR) is 152 cm³/mol. The minimum absolute atomic E-state index is 0.0477. The number of hydrogen-bond donors (Lipinski definition) is 1. The maximum absolute atomic E-state index is 16.0. The van der Waals surface area contributed by atoms with E-state index in [-0.39, 0.29) is 66.0 Å². The molecule has 0 radical (unpaired) electrons. The first-order valence-corrected chi connectivity index (χ1v) is 14.5. The highest BCUT2D eigenvalue weighted by Gasteiger charge is 2.46. The molecule has 8 rings (SSSR count). The van der Waals surface area contributed by atoms with E-state index in [9.17, 15) is 19.2 Å². The van der Waals surface area contributed by atoms with Gasteiger partial charge in [0.25, 0.3) is 11.8 Å². The minimum atomic E-state index is -0.841. The van der Waals surface area contributed by atoms with Crippen molar-refractivity contribution in [2.45, 2.75) is 56.4 Å². The molecule has 0 spiro atoms. The fourth-order valence-electron chi connectivity index (χ4n) is 7.20. The second-order valence-corrected chi connectivity index (χ2v) is 11.6. The van der Waals surface area contributed by atoms with Crippen LogP contribution in [0.3, 0.4) is 0 Å². The third kappa shape index (κ3) is 4.39. The van der Waals surface area contributed by atoms with Gasteiger partial charge in [-0.3, -0.25) is 29.4 Å². The van der Waals surface area contributed by atoms with Gasteiger partial charge >= 0.3 is 0 Å². The number of nitrogens with zero attached hydrogens (tertiary/aromatic N) is 3. The van der Waals surface area contributed by atoms with Crippen LogP contribution in [0.25, 0.3) is 0 Å². The predicted octanol–water partition coefficient (Wildman–Crippen LogP) is 3.67. The lowest BCUT2D eigenvalue weighted by atomic mass is 9.85. The quantitative estimate of drug-likeness (QED) is 0.476. The lowest BCUT2D eigenvalue weighted by Crippen LogP contribution is -2.64. The molecule has 9 heteroatoms. The number of halogens is 1. The molecule has 1 N–H and O–H groups in total. The van der Waals surface area contributed by atoms with Gasteiger partial charge in [0.15, 0.2) is 0 Å². The monoisotopic (exact) mass is 566 g/mol. The van der Waals surface area contributed by atoms with Gasteiger partial charge in [0, 0.05) is 42.7 Å². The summed E-state index contributed by atoms with van der Waals surface area (Å²) in [5.41, 5.74) is 2.64. The van der Waals surface area contributed by atoms with Gasteiger partial charge in [-0.1, -0.05) is 60.7 Å². The largest absolute Gasteiger partial charge is 0.333 e. The zero-order valence-corrected chi connectivity index (χ0v) is 23.0. The van der Waals surface area contributed by atoms with Crippen LogP contribution in [0.4, 0.5) is 4.39 Å². The van der Waals surface area contributed by atoms with E-state index in [0.29, 0.717) is 13.1 Å². The van der Waals surface area contributed by atoms with E-state index in [0.717, 1.165) is 12.8 Å². The summed E-state index contributed by atoms with van der Waals surface area (Å²) in [6, 6.07) is 22.9. The van der Waals surface area contributed by atoms with Crippen molar-refractivity contribution in [3.05, 3.63) is 106 Å². The number of nitrogens with one attached hydrogen (secondary N) is 1. The Morgan fingerprint density at radius 2 is 1.50 bits per heavy atom. The highest BCUT2D eigenvalue weighted by Crippen LogP contribution is 2.39. The number of carbonyl (C=O) groups is 4. The van der Waals surface area contributed by atoms with Crippen LogP contribution in [0, 0.1) is 5.82 Å². The van der Waals surface area contributed by atoms with Gasteiger partial charge in [-0.15, -0.1) is 0 Å². The van der Waals surface area contributed by atoms with Gasteiger partial charge < -0.3 is 9.80 Å². The zero-order chi connectivity index (χ0) is 29.0. The number of rotatable bonds is 5. The second kappa shape index (κ2) is 10.5. The standard InChI is InChI=1S/C33H31FN4O4/c34-29-25(14-13-24-26(29)19-38(32(24)41)27-15-16-28(39)35-31(27)40)33(42)37-18-22-11-12-23(37)17-36(22)30(20-7-3-1-4-8-20)21-9-5-2-6-10-21/h1-10,13-14,22-23,27,30H,11-12,15-19H2,(H,35,39,40). The van der Waals surface area contributed by atoms with Crippen LogP contribution >= 0.6 is 0 Å². The molecule has 5 heterocycles. The van der Waals surface area contributed by atoms with Crippen molar-refractivity contribution in [1.82, 2.24) is 20.0 Å². The number of imide groups is 1. The average molecular weight is 567 g/mol. The third-order valence-corrected chi connectivity index (χ3v) is 9.27. The topological polar surface area (TPSA) is 90.0 Å². The van der Waals surface area contributed by atoms with Crippen LogP contribution in [-0.4, -0.2) is 69.5 Å². The molecular weight excluding hydrogens is 535 g/mol. The lowest BCUT2D eigenvalue weighted by molar-refractivity contribution is -0.136. The van der Waals surface area contributed by atoms with Crippen LogP contribution in [0.5, 0.6) is 0 Å². The summed E-state index contributed by atoms with van der Waals surface area (Å²) in [6.07, 6.45) is 2.11. The number of fused-ring (bicyclic) bond motifs is 4. The highest BCUT2D eigenvalue weighted by atomic mass is 19.1. The Kier molecular flexibility index (Phi) is 6.61. The zero-order valence-electron chi connectivity index (χ0n) is 23.0. The van der Waals surface area contributed by atoms with Crippen molar-refractivity contribution in [3.63, 3.8) is 0 Å². The molecule has 3 aromatic carbocycles. The Morgan fingerprint density at radius 3 is 2.12 bits per heavy atom. The molecule has 3 unspecified atom stereocenters. The SMILES string of the molecule is O=C1CCC(N2Cc3c(ccc(C(=O)N4CC5CCC4CN5C(c4ccccc4)c4ccccc4)c3F)C2=O)C(=O)N1. The molecule has 4 amide bonds. The van der Waals surface area contributed by atoms with Crippen LogP contribution in [0.15, 0.2) is 72.8 Å². The molecule has 0 aromatic heterocycles. The fourth-order valence-corrected chi connectivity index (χ4v) is 7.20. The maximum atomic E-state index is 16.0. The summed E-state index contributed by atoms with van der Waals surface area (Å²) in [5, 5.41) is 2.26. The van der Waals surface area contributed by atoms with Crippen molar-refractivity contribution < 1.29 is 23.6 Å². The summed E-state index contributed by atoms with van der Waals surface area (Å²) in [7, 11) is 0. The van der Waals surface area contributed by atoms with Crippen molar-refractivity contribution in [3.8, 4) is 0 Å². The van der Waals surface area contributed by atoms with Crippen LogP contribution in [0.1, 0.15) is 69.1 Å². The van der Waals surface area contributed by atoms with E-state index in [4.69, 9.17) is 0 Å². The van der Waals surface area contributed by atoms with E-state index >= 15 is 4.39 Å². The van der Waals surface area contributed by atoms with Crippen molar-refractivity contribution in [2.75, 3.05) is 13.1 Å². The van der Waals surface area contributed by atoms with Gasteiger partial charge in [0.1, 0.15) is 11.9 Å². The lowest BCUT2D eigenvalue weighted by Gasteiger charge is -2.54. The number of carbonyl (C=O) groups excluding carboxylic acids is 4. The highest BCUT2D eigenvalue weighted by molar-refractivity contribution is 6.06. The molecule has 2 bridgehead atoms. The van der Waals surface area contributed by atoms with Crippen LogP contribution < -0.4 is 5.32 Å². The fraction of sp³-hybridized carbons (Fsp3) is 0.333. The average Bonchev–Trinajstić information content (AvgIpc) is 3.35. The molecule has 5 aliphatic rings. The first kappa shape index (κ1) is 26.5. The second-order valence-electron chi connectivity index (χ2n) is 11.6. The summed E-state index contributed by atoms with van der Waals surface area (Å²) >= 11 is 0.